The predicted octanol–water partition coefficient (Wildman–Crippen LogP) is 8.37. The molecule has 1 heterocycles. The van der Waals surface area contributed by atoms with Crippen LogP contribution in [0.2, 0.25) is 0 Å². The highest BCUT2D eigenvalue weighted by atomic mass is 15.1. The molecular weight excluding hydrogens is 326 g/mol. The first kappa shape index (κ1) is 27.5. The molecule has 0 N–H and O–H groups in total. The van der Waals surface area contributed by atoms with Crippen molar-refractivity contribution in [1.29, 1.82) is 0 Å². The van der Waals surface area contributed by atoms with E-state index in [1.165, 1.54) is 49.2 Å². The van der Waals surface area contributed by atoms with Gasteiger partial charge in [-0.3, -0.25) is 0 Å². The number of para-hydroxylation sites is 1. The van der Waals surface area contributed by atoms with E-state index in [4.69, 9.17) is 0 Å². The van der Waals surface area contributed by atoms with Gasteiger partial charge in [-0.2, -0.15) is 0 Å². The van der Waals surface area contributed by atoms with Crippen LogP contribution in [-0.4, -0.2) is 13.1 Å². The molecule has 1 aliphatic rings. The van der Waals surface area contributed by atoms with Gasteiger partial charge in [0.15, 0.2) is 0 Å². The molecule has 1 fully saturated rings. The van der Waals surface area contributed by atoms with Crippen molar-refractivity contribution in [1.82, 2.24) is 0 Å². The minimum absolute atomic E-state index is 1.04. The Bertz CT molecular complexity index is 513. The summed E-state index contributed by atoms with van der Waals surface area (Å²) in [6.07, 6.45) is 5.09. The van der Waals surface area contributed by atoms with Crippen LogP contribution in [0.5, 0.6) is 0 Å². The van der Waals surface area contributed by atoms with Crippen LogP contribution >= 0.6 is 0 Å². The number of hydrogen-bond acceptors (Lipinski definition) is 1. The summed E-state index contributed by atoms with van der Waals surface area (Å²) in [5, 5.41) is 0. The van der Waals surface area contributed by atoms with Gasteiger partial charge in [0.05, 0.1) is 0 Å². The third kappa shape index (κ3) is 10.9. The summed E-state index contributed by atoms with van der Waals surface area (Å²) < 4.78 is 0. The molecule has 0 amide bonds. The van der Waals surface area contributed by atoms with Gasteiger partial charge in [0.2, 0.25) is 0 Å². The molecule has 3 rings (SSSR count). The second-order valence-electron chi connectivity index (χ2n) is 5.34. The Hall–Kier alpha value is -1.76. The molecular formula is C26H45N. The van der Waals surface area contributed by atoms with Gasteiger partial charge < -0.3 is 4.90 Å². The first-order valence-electron chi connectivity index (χ1n) is 11.3. The van der Waals surface area contributed by atoms with E-state index < -0.39 is 0 Å². The summed E-state index contributed by atoms with van der Waals surface area (Å²) in [7, 11) is 0. The first-order valence-corrected chi connectivity index (χ1v) is 11.3. The smallest absolute Gasteiger partial charge is 0.0402 e. The van der Waals surface area contributed by atoms with Crippen molar-refractivity contribution >= 4 is 5.69 Å². The van der Waals surface area contributed by atoms with E-state index in [2.05, 4.69) is 59.5 Å². The van der Waals surface area contributed by atoms with Gasteiger partial charge in [-0.25, -0.2) is 0 Å². The van der Waals surface area contributed by atoms with Crippen molar-refractivity contribution < 1.29 is 0 Å². The van der Waals surface area contributed by atoms with Gasteiger partial charge in [-0.1, -0.05) is 104 Å². The molecule has 1 aliphatic heterocycles. The van der Waals surface area contributed by atoms with Gasteiger partial charge in [0.25, 0.3) is 0 Å². The van der Waals surface area contributed by atoms with Crippen LogP contribution in [0, 0.1) is 0 Å². The molecule has 2 aromatic carbocycles. The molecule has 27 heavy (non-hydrogen) atoms. The standard InChI is InChI=1S/C18H21N.4C2H6/c1-3-9-16(10-4-1)15-17-11-5-6-12-18(17)19-13-7-2-8-14-19;4*1-2/h1,3-6,9-12H,2,7-8,13-15H2;4*1-2H3. The van der Waals surface area contributed by atoms with Crippen molar-refractivity contribution in [3.63, 3.8) is 0 Å². The largest absolute Gasteiger partial charge is 0.371 e. The van der Waals surface area contributed by atoms with E-state index >= 15 is 0 Å². The zero-order chi connectivity index (χ0) is 20.9. The molecule has 0 aromatic heterocycles. The number of rotatable bonds is 3. The molecule has 2 aromatic rings. The Morgan fingerprint density at radius 3 is 1.63 bits per heavy atom. The number of piperidine rings is 1. The number of benzene rings is 2. The molecule has 0 aliphatic carbocycles. The van der Waals surface area contributed by atoms with Crippen LogP contribution in [-0.2, 0) is 6.42 Å². The van der Waals surface area contributed by atoms with E-state index in [0.717, 1.165) is 6.42 Å². The average Bonchev–Trinajstić information content (AvgIpc) is 2.81. The highest BCUT2D eigenvalue weighted by Crippen LogP contribution is 2.26. The fourth-order valence-corrected chi connectivity index (χ4v) is 2.92. The zero-order valence-electron chi connectivity index (χ0n) is 19.4. The maximum absolute atomic E-state index is 2.56. The van der Waals surface area contributed by atoms with Gasteiger partial charge in [0, 0.05) is 18.8 Å². The number of anilines is 1. The lowest BCUT2D eigenvalue weighted by atomic mass is 10.0. The Labute approximate surface area is 170 Å². The van der Waals surface area contributed by atoms with Crippen LogP contribution in [0.4, 0.5) is 5.69 Å². The van der Waals surface area contributed by atoms with Gasteiger partial charge in [-0.05, 0) is 42.9 Å². The molecule has 1 heteroatoms. The lowest BCUT2D eigenvalue weighted by Crippen LogP contribution is -2.30. The van der Waals surface area contributed by atoms with Crippen molar-refractivity contribution in [3.8, 4) is 0 Å². The lowest BCUT2D eigenvalue weighted by Gasteiger charge is -2.30. The Balaban J connectivity index is 0. The highest BCUT2D eigenvalue weighted by molar-refractivity contribution is 5.55. The van der Waals surface area contributed by atoms with Crippen LogP contribution in [0.15, 0.2) is 54.6 Å². The molecule has 1 nitrogen and oxygen atoms in total. The monoisotopic (exact) mass is 371 g/mol. The molecule has 154 valence electrons. The second-order valence-corrected chi connectivity index (χ2v) is 5.34. The van der Waals surface area contributed by atoms with E-state index in [0.29, 0.717) is 0 Å². The van der Waals surface area contributed by atoms with Crippen molar-refractivity contribution in [3.05, 3.63) is 65.7 Å². The molecule has 0 atom stereocenters. The Kier molecular flexibility index (Phi) is 20.9. The van der Waals surface area contributed by atoms with Crippen LogP contribution in [0.3, 0.4) is 0 Å². The minimum Gasteiger partial charge on any atom is -0.371 e. The minimum atomic E-state index is 1.04. The van der Waals surface area contributed by atoms with Crippen molar-refractivity contribution in [2.24, 2.45) is 0 Å². The van der Waals surface area contributed by atoms with E-state index in [9.17, 15) is 0 Å². The fraction of sp³-hybridized carbons (Fsp3) is 0.538. The lowest BCUT2D eigenvalue weighted by molar-refractivity contribution is 0.576. The van der Waals surface area contributed by atoms with Crippen molar-refractivity contribution in [2.45, 2.75) is 81.1 Å². The first-order chi connectivity index (χ1) is 13.4. The summed E-state index contributed by atoms with van der Waals surface area (Å²) in [4.78, 5) is 2.56. The summed E-state index contributed by atoms with van der Waals surface area (Å²) in [6.45, 7) is 18.4. The third-order valence-corrected chi connectivity index (χ3v) is 3.93. The van der Waals surface area contributed by atoms with E-state index in [-0.39, 0.29) is 0 Å². The molecule has 0 spiro atoms. The van der Waals surface area contributed by atoms with Crippen molar-refractivity contribution in [2.75, 3.05) is 18.0 Å². The van der Waals surface area contributed by atoms with E-state index in [1.54, 1.807) is 0 Å². The highest BCUT2D eigenvalue weighted by Gasteiger charge is 2.13. The Morgan fingerprint density at radius 1 is 0.593 bits per heavy atom. The normalized spacial score (nSPS) is 11.8. The quantitative estimate of drug-likeness (QED) is 0.523. The summed E-state index contributed by atoms with van der Waals surface area (Å²) in [6, 6.07) is 19.6. The second kappa shape index (κ2) is 20.6. The molecule has 0 saturated carbocycles. The SMILES string of the molecule is CC.CC.CC.CC.c1ccc(Cc2ccccc2N2CCCCC2)cc1. The maximum Gasteiger partial charge on any atom is 0.0402 e. The zero-order valence-corrected chi connectivity index (χ0v) is 19.4. The summed E-state index contributed by atoms with van der Waals surface area (Å²) >= 11 is 0. The summed E-state index contributed by atoms with van der Waals surface area (Å²) in [5.74, 6) is 0. The third-order valence-electron chi connectivity index (χ3n) is 3.93. The molecule has 0 bridgehead atoms. The topological polar surface area (TPSA) is 3.24 Å². The predicted molar refractivity (Wildman–Crippen MR) is 127 cm³/mol. The molecule has 1 saturated heterocycles. The van der Waals surface area contributed by atoms with Crippen LogP contribution in [0.1, 0.15) is 85.8 Å². The molecule has 0 unspecified atom stereocenters. The number of hydrogen-bond donors (Lipinski definition) is 0. The average molecular weight is 372 g/mol. The van der Waals surface area contributed by atoms with Crippen LogP contribution in [0.25, 0.3) is 0 Å². The molecule has 0 radical (unpaired) electrons. The van der Waals surface area contributed by atoms with Crippen LogP contribution < -0.4 is 4.90 Å². The Morgan fingerprint density at radius 2 is 1.07 bits per heavy atom. The number of nitrogens with zero attached hydrogens (tertiary/aromatic N) is 1. The summed E-state index contributed by atoms with van der Waals surface area (Å²) in [5.41, 5.74) is 4.29. The maximum atomic E-state index is 2.56. The fourth-order valence-electron chi connectivity index (χ4n) is 2.92. The van der Waals surface area contributed by atoms with Gasteiger partial charge in [0.1, 0.15) is 0 Å². The van der Waals surface area contributed by atoms with Gasteiger partial charge >= 0.3 is 0 Å². The van der Waals surface area contributed by atoms with E-state index in [1.807, 2.05) is 55.4 Å². The van der Waals surface area contributed by atoms with Gasteiger partial charge in [-0.15, -0.1) is 0 Å².